The van der Waals surface area contributed by atoms with Crippen molar-refractivity contribution in [3.05, 3.63) is 28.2 Å². The second-order valence-electron chi connectivity index (χ2n) is 4.18. The standard InChI is InChI=1S/C12H16Cl2N2/c1-9-4-5-15-6-7-16(9)10-2-3-11(13)12(14)8-10/h2-3,8-9,15H,4-7H2,1H3. The molecule has 0 aromatic heterocycles. The van der Waals surface area contributed by atoms with E-state index in [4.69, 9.17) is 23.2 Å². The van der Waals surface area contributed by atoms with E-state index in [0.29, 0.717) is 16.1 Å². The topological polar surface area (TPSA) is 15.3 Å². The second-order valence-corrected chi connectivity index (χ2v) is 4.99. The van der Waals surface area contributed by atoms with E-state index in [9.17, 15) is 0 Å². The molecule has 1 aromatic rings. The van der Waals surface area contributed by atoms with Crippen LogP contribution >= 0.6 is 23.2 Å². The Kier molecular flexibility index (Phi) is 3.95. The lowest BCUT2D eigenvalue weighted by Crippen LogP contribution is -2.34. The molecule has 2 nitrogen and oxygen atoms in total. The Labute approximate surface area is 107 Å². The van der Waals surface area contributed by atoms with Crippen molar-refractivity contribution >= 4 is 28.9 Å². The fourth-order valence-corrected chi connectivity index (χ4v) is 2.35. The number of nitrogens with zero attached hydrogens (tertiary/aromatic N) is 1. The summed E-state index contributed by atoms with van der Waals surface area (Å²) < 4.78 is 0. The van der Waals surface area contributed by atoms with E-state index in [2.05, 4.69) is 17.1 Å². The predicted octanol–water partition coefficient (Wildman–Crippen LogP) is 3.18. The summed E-state index contributed by atoms with van der Waals surface area (Å²) in [5.41, 5.74) is 1.16. The van der Waals surface area contributed by atoms with Gasteiger partial charge in [-0.25, -0.2) is 0 Å². The first-order valence-corrected chi connectivity index (χ1v) is 6.36. The molecule has 88 valence electrons. The zero-order valence-corrected chi connectivity index (χ0v) is 10.9. The highest BCUT2D eigenvalue weighted by molar-refractivity contribution is 6.42. The Hall–Kier alpha value is -0.440. The van der Waals surface area contributed by atoms with E-state index in [-0.39, 0.29) is 0 Å². The number of hydrogen-bond donors (Lipinski definition) is 1. The van der Waals surface area contributed by atoms with Gasteiger partial charge in [0, 0.05) is 24.8 Å². The van der Waals surface area contributed by atoms with E-state index >= 15 is 0 Å². The normalized spacial score (nSPS) is 21.9. The van der Waals surface area contributed by atoms with Gasteiger partial charge >= 0.3 is 0 Å². The number of anilines is 1. The van der Waals surface area contributed by atoms with Gasteiger partial charge in [0.2, 0.25) is 0 Å². The first-order chi connectivity index (χ1) is 7.68. The Balaban J connectivity index is 2.23. The highest BCUT2D eigenvalue weighted by Crippen LogP contribution is 2.28. The molecule has 1 saturated heterocycles. The van der Waals surface area contributed by atoms with Crippen molar-refractivity contribution in [2.75, 3.05) is 24.5 Å². The number of rotatable bonds is 1. The molecule has 0 radical (unpaired) electrons. The van der Waals surface area contributed by atoms with Crippen molar-refractivity contribution in [3.8, 4) is 0 Å². The molecule has 0 saturated carbocycles. The maximum absolute atomic E-state index is 6.05. The molecule has 2 rings (SSSR count). The third-order valence-electron chi connectivity index (χ3n) is 3.04. The van der Waals surface area contributed by atoms with Gasteiger partial charge in [-0.15, -0.1) is 0 Å². The average molecular weight is 259 g/mol. The number of halogens is 2. The highest BCUT2D eigenvalue weighted by atomic mass is 35.5. The molecule has 0 spiro atoms. The van der Waals surface area contributed by atoms with Gasteiger partial charge in [0.15, 0.2) is 0 Å². The van der Waals surface area contributed by atoms with E-state index in [0.717, 1.165) is 31.7 Å². The lowest BCUT2D eigenvalue weighted by Gasteiger charge is -2.29. The molecule has 1 aliphatic rings. The summed E-state index contributed by atoms with van der Waals surface area (Å²) in [4.78, 5) is 2.38. The minimum Gasteiger partial charge on any atom is -0.367 e. The molecule has 0 bridgehead atoms. The molecule has 0 amide bonds. The van der Waals surface area contributed by atoms with E-state index < -0.39 is 0 Å². The third-order valence-corrected chi connectivity index (χ3v) is 3.77. The van der Waals surface area contributed by atoms with Crippen LogP contribution in [-0.2, 0) is 0 Å². The summed E-state index contributed by atoms with van der Waals surface area (Å²) in [6.45, 7) is 5.36. The van der Waals surface area contributed by atoms with Gasteiger partial charge in [0.25, 0.3) is 0 Å². The molecular weight excluding hydrogens is 243 g/mol. The summed E-state index contributed by atoms with van der Waals surface area (Å²) in [7, 11) is 0. The molecule has 1 unspecified atom stereocenters. The predicted molar refractivity (Wildman–Crippen MR) is 70.8 cm³/mol. The lowest BCUT2D eigenvalue weighted by molar-refractivity contribution is 0.631. The molecule has 0 aliphatic carbocycles. The van der Waals surface area contributed by atoms with Crippen molar-refractivity contribution < 1.29 is 0 Å². The minimum absolute atomic E-state index is 0.534. The smallest absolute Gasteiger partial charge is 0.0612 e. The third kappa shape index (κ3) is 2.62. The zero-order valence-electron chi connectivity index (χ0n) is 9.34. The molecule has 1 atom stereocenters. The van der Waals surface area contributed by atoms with Gasteiger partial charge in [-0.2, -0.15) is 0 Å². The Morgan fingerprint density at radius 2 is 2.06 bits per heavy atom. The molecule has 1 aliphatic heterocycles. The fourth-order valence-electron chi connectivity index (χ4n) is 2.06. The molecule has 4 heteroatoms. The van der Waals surface area contributed by atoms with Crippen molar-refractivity contribution in [1.82, 2.24) is 5.32 Å². The summed E-state index contributed by atoms with van der Waals surface area (Å²) >= 11 is 12.0. The first-order valence-electron chi connectivity index (χ1n) is 5.61. The van der Waals surface area contributed by atoms with Crippen LogP contribution in [0.15, 0.2) is 18.2 Å². The molecule has 1 aromatic carbocycles. The largest absolute Gasteiger partial charge is 0.367 e. The summed E-state index contributed by atoms with van der Waals surface area (Å²) in [5.74, 6) is 0. The monoisotopic (exact) mass is 258 g/mol. The Morgan fingerprint density at radius 3 is 2.81 bits per heavy atom. The van der Waals surface area contributed by atoms with Crippen LogP contribution in [0.4, 0.5) is 5.69 Å². The van der Waals surface area contributed by atoms with Gasteiger partial charge in [-0.1, -0.05) is 23.2 Å². The van der Waals surface area contributed by atoms with Crippen LogP contribution in [0.5, 0.6) is 0 Å². The summed E-state index contributed by atoms with van der Waals surface area (Å²) in [6, 6.07) is 6.39. The average Bonchev–Trinajstić information content (AvgIpc) is 2.47. The van der Waals surface area contributed by atoms with Crippen LogP contribution in [-0.4, -0.2) is 25.7 Å². The maximum Gasteiger partial charge on any atom is 0.0612 e. The van der Waals surface area contributed by atoms with E-state index in [1.807, 2.05) is 18.2 Å². The highest BCUT2D eigenvalue weighted by Gasteiger charge is 2.17. The zero-order chi connectivity index (χ0) is 11.5. The van der Waals surface area contributed by atoms with E-state index in [1.54, 1.807) is 0 Å². The molecule has 1 fully saturated rings. The number of nitrogens with one attached hydrogen (secondary N) is 1. The van der Waals surface area contributed by atoms with Crippen LogP contribution in [0.3, 0.4) is 0 Å². The lowest BCUT2D eigenvalue weighted by atomic mass is 10.2. The van der Waals surface area contributed by atoms with Gasteiger partial charge in [-0.3, -0.25) is 0 Å². The number of hydrogen-bond acceptors (Lipinski definition) is 2. The van der Waals surface area contributed by atoms with Crippen LogP contribution in [0.1, 0.15) is 13.3 Å². The van der Waals surface area contributed by atoms with Gasteiger partial charge in [0.05, 0.1) is 10.0 Å². The van der Waals surface area contributed by atoms with Crippen LogP contribution < -0.4 is 10.2 Å². The molecular formula is C12H16Cl2N2. The fraction of sp³-hybridized carbons (Fsp3) is 0.500. The SMILES string of the molecule is CC1CCNCCN1c1ccc(Cl)c(Cl)c1. The summed E-state index contributed by atoms with van der Waals surface area (Å²) in [5, 5.41) is 4.65. The van der Waals surface area contributed by atoms with Crippen LogP contribution in [0.25, 0.3) is 0 Å². The molecule has 16 heavy (non-hydrogen) atoms. The second kappa shape index (κ2) is 5.26. The van der Waals surface area contributed by atoms with Gasteiger partial charge in [0.1, 0.15) is 0 Å². The Morgan fingerprint density at radius 1 is 1.25 bits per heavy atom. The number of benzene rings is 1. The van der Waals surface area contributed by atoms with E-state index in [1.165, 1.54) is 0 Å². The first kappa shape index (κ1) is 12.0. The Bertz CT molecular complexity index is 368. The molecule has 1 heterocycles. The van der Waals surface area contributed by atoms with Gasteiger partial charge in [-0.05, 0) is 38.1 Å². The minimum atomic E-state index is 0.534. The maximum atomic E-state index is 6.05. The van der Waals surface area contributed by atoms with Crippen molar-refractivity contribution in [2.45, 2.75) is 19.4 Å². The van der Waals surface area contributed by atoms with Crippen molar-refractivity contribution in [1.29, 1.82) is 0 Å². The van der Waals surface area contributed by atoms with Gasteiger partial charge < -0.3 is 10.2 Å². The molecule has 1 N–H and O–H groups in total. The van der Waals surface area contributed by atoms with Crippen LogP contribution in [0, 0.1) is 0 Å². The van der Waals surface area contributed by atoms with Crippen LogP contribution in [0.2, 0.25) is 10.0 Å². The van der Waals surface area contributed by atoms with Crippen molar-refractivity contribution in [3.63, 3.8) is 0 Å². The summed E-state index contributed by atoms with van der Waals surface area (Å²) in [6.07, 6.45) is 1.15. The van der Waals surface area contributed by atoms with Crippen molar-refractivity contribution in [2.24, 2.45) is 0 Å². The quantitative estimate of drug-likeness (QED) is 0.833.